The zero-order valence-electron chi connectivity index (χ0n) is 12.0. The molecule has 1 aromatic rings. The average Bonchev–Trinajstić information content (AvgIpc) is 2.71. The number of hydrogen-bond acceptors (Lipinski definition) is 7. The van der Waals surface area contributed by atoms with Crippen LogP contribution in [-0.2, 0) is 26.1 Å². The van der Waals surface area contributed by atoms with Crippen molar-refractivity contribution in [2.24, 2.45) is 7.05 Å². The Bertz CT molecular complexity index is 702. The maximum atomic E-state index is 12.2. The summed E-state index contributed by atoms with van der Waals surface area (Å²) in [6.07, 6.45) is 5.11. The first-order chi connectivity index (χ1) is 10.4. The molecule has 1 saturated carbocycles. The monoisotopic (exact) mass is 341 g/mol. The van der Waals surface area contributed by atoms with Crippen molar-refractivity contribution in [2.75, 3.05) is 0 Å². The van der Waals surface area contributed by atoms with Crippen LogP contribution in [-0.4, -0.2) is 27.4 Å². The highest BCUT2D eigenvalue weighted by Gasteiger charge is 2.46. The summed E-state index contributed by atoms with van der Waals surface area (Å²) < 4.78 is 12.6. The number of esters is 2. The predicted octanol–water partition coefficient (Wildman–Crippen LogP) is 2.67. The Labute approximate surface area is 136 Å². The molecule has 3 rings (SSSR count). The third-order valence-corrected chi connectivity index (χ3v) is 5.39. The minimum atomic E-state index is -1.10. The summed E-state index contributed by atoms with van der Waals surface area (Å²) in [4.78, 5) is 24.7. The Morgan fingerprint density at radius 2 is 1.82 bits per heavy atom. The lowest BCUT2D eigenvalue weighted by molar-refractivity contribution is -0.244. The van der Waals surface area contributed by atoms with Gasteiger partial charge in [-0.2, -0.15) is 0 Å². The van der Waals surface area contributed by atoms with E-state index in [1.807, 2.05) is 0 Å². The van der Waals surface area contributed by atoms with Crippen LogP contribution in [0.1, 0.15) is 37.0 Å². The molecular formula is C14H15NO5S2. The van der Waals surface area contributed by atoms with Crippen molar-refractivity contribution in [1.29, 1.82) is 0 Å². The Morgan fingerprint density at radius 3 is 2.32 bits per heavy atom. The molecule has 0 bridgehead atoms. The van der Waals surface area contributed by atoms with Crippen LogP contribution < -0.4 is 0 Å². The molecule has 6 nitrogen and oxygen atoms in total. The van der Waals surface area contributed by atoms with Crippen LogP contribution in [0.5, 0.6) is 5.88 Å². The number of carbonyl (C=O) groups is 2. The van der Waals surface area contributed by atoms with Gasteiger partial charge in [-0.1, -0.05) is 6.42 Å². The van der Waals surface area contributed by atoms with E-state index >= 15 is 0 Å². The van der Waals surface area contributed by atoms with Crippen molar-refractivity contribution in [1.82, 2.24) is 4.57 Å². The first-order valence-electron chi connectivity index (χ1n) is 6.99. The molecular weight excluding hydrogens is 326 g/mol. The summed E-state index contributed by atoms with van der Waals surface area (Å²) >= 11 is 6.15. The summed E-state index contributed by atoms with van der Waals surface area (Å²) in [6.45, 7) is 0. The van der Waals surface area contributed by atoms with Crippen LogP contribution in [0.15, 0.2) is 5.57 Å². The molecule has 1 saturated heterocycles. The fourth-order valence-corrected chi connectivity index (χ4v) is 3.82. The topological polar surface area (TPSA) is 77.8 Å². The number of carbonyl (C=O) groups excluding carboxylic acids is 2. The van der Waals surface area contributed by atoms with Gasteiger partial charge in [0.15, 0.2) is 3.95 Å². The molecule has 1 aliphatic heterocycles. The number of thiazole rings is 1. The molecule has 8 heteroatoms. The van der Waals surface area contributed by atoms with E-state index in [1.165, 1.54) is 10.6 Å². The largest absolute Gasteiger partial charge is 0.493 e. The minimum Gasteiger partial charge on any atom is -0.493 e. The maximum absolute atomic E-state index is 12.2. The Hall–Kier alpha value is -1.67. The third-order valence-electron chi connectivity index (χ3n) is 3.90. The lowest BCUT2D eigenvalue weighted by Crippen LogP contribution is -2.47. The molecule has 0 aromatic carbocycles. The van der Waals surface area contributed by atoms with Crippen molar-refractivity contribution >= 4 is 41.6 Å². The van der Waals surface area contributed by atoms with Gasteiger partial charge in [0, 0.05) is 19.9 Å². The van der Waals surface area contributed by atoms with Crippen LogP contribution in [0, 0.1) is 3.95 Å². The van der Waals surface area contributed by atoms with E-state index in [4.69, 9.17) is 21.7 Å². The fourth-order valence-electron chi connectivity index (χ4n) is 2.65. The van der Waals surface area contributed by atoms with Crippen LogP contribution >= 0.6 is 23.6 Å². The van der Waals surface area contributed by atoms with E-state index < -0.39 is 17.7 Å². The lowest BCUT2D eigenvalue weighted by Gasteiger charge is -2.38. The van der Waals surface area contributed by atoms with Gasteiger partial charge in [0.05, 0.1) is 4.88 Å². The van der Waals surface area contributed by atoms with Crippen LogP contribution in [0.25, 0.3) is 6.08 Å². The second kappa shape index (κ2) is 5.51. The van der Waals surface area contributed by atoms with Crippen molar-refractivity contribution in [3.63, 3.8) is 0 Å². The molecule has 0 radical (unpaired) electrons. The molecule has 0 amide bonds. The molecule has 1 aliphatic carbocycles. The van der Waals surface area contributed by atoms with Gasteiger partial charge in [0.25, 0.3) is 5.79 Å². The SMILES string of the molecule is Cn1c(O)c(C=C2C(=O)OC3(CCCCC3)OC2=O)sc1=S. The predicted molar refractivity (Wildman–Crippen MR) is 81.8 cm³/mol. The van der Waals surface area contributed by atoms with Gasteiger partial charge in [-0.05, 0) is 31.1 Å². The summed E-state index contributed by atoms with van der Waals surface area (Å²) in [5.74, 6) is -2.62. The molecule has 22 heavy (non-hydrogen) atoms. The first-order valence-corrected chi connectivity index (χ1v) is 8.21. The molecule has 1 aromatic heterocycles. The van der Waals surface area contributed by atoms with Gasteiger partial charge < -0.3 is 14.6 Å². The standard InChI is InChI=1S/C14H15NO5S2/c1-15-10(16)9(22-13(15)21)7-8-11(17)19-14(20-12(8)18)5-3-2-4-6-14/h7,16H,2-6H2,1H3. The number of nitrogens with zero attached hydrogens (tertiary/aromatic N) is 1. The van der Waals surface area contributed by atoms with Crippen molar-refractivity contribution < 1.29 is 24.2 Å². The molecule has 2 aliphatic rings. The number of ether oxygens (including phenoxy) is 2. The zero-order chi connectivity index (χ0) is 15.9. The van der Waals surface area contributed by atoms with Crippen molar-refractivity contribution in [3.05, 3.63) is 14.4 Å². The molecule has 2 heterocycles. The van der Waals surface area contributed by atoms with E-state index in [0.29, 0.717) is 21.7 Å². The van der Waals surface area contributed by atoms with Gasteiger partial charge in [-0.25, -0.2) is 9.59 Å². The van der Waals surface area contributed by atoms with E-state index in [2.05, 4.69) is 0 Å². The summed E-state index contributed by atoms with van der Waals surface area (Å²) in [5.41, 5.74) is -0.219. The van der Waals surface area contributed by atoms with Crippen molar-refractivity contribution in [3.8, 4) is 5.88 Å². The van der Waals surface area contributed by atoms with Gasteiger partial charge in [-0.3, -0.25) is 4.57 Å². The normalized spacial score (nSPS) is 20.7. The highest BCUT2D eigenvalue weighted by atomic mass is 32.1. The van der Waals surface area contributed by atoms with Gasteiger partial charge in [-0.15, -0.1) is 11.3 Å². The lowest BCUT2D eigenvalue weighted by atomic mass is 9.93. The smallest absolute Gasteiger partial charge is 0.348 e. The fraction of sp³-hybridized carbons (Fsp3) is 0.500. The first kappa shape index (κ1) is 15.2. The molecule has 2 fully saturated rings. The third kappa shape index (κ3) is 2.56. The van der Waals surface area contributed by atoms with Crippen LogP contribution in [0.2, 0.25) is 0 Å². The van der Waals surface area contributed by atoms with E-state index in [-0.39, 0.29) is 11.5 Å². The molecule has 118 valence electrons. The Morgan fingerprint density at radius 1 is 1.23 bits per heavy atom. The number of aromatic nitrogens is 1. The van der Waals surface area contributed by atoms with E-state index in [1.54, 1.807) is 7.05 Å². The minimum absolute atomic E-state index is 0.0962. The van der Waals surface area contributed by atoms with Crippen molar-refractivity contribution in [2.45, 2.75) is 37.9 Å². The van der Waals surface area contributed by atoms with E-state index in [9.17, 15) is 14.7 Å². The Kier molecular flexibility index (Phi) is 3.82. The highest BCUT2D eigenvalue weighted by molar-refractivity contribution is 7.73. The average molecular weight is 341 g/mol. The van der Waals surface area contributed by atoms with Crippen LogP contribution in [0.4, 0.5) is 0 Å². The number of rotatable bonds is 1. The molecule has 0 atom stereocenters. The summed E-state index contributed by atoms with van der Waals surface area (Å²) in [5, 5.41) is 9.92. The Balaban J connectivity index is 1.91. The van der Waals surface area contributed by atoms with Gasteiger partial charge in [0.2, 0.25) is 5.88 Å². The maximum Gasteiger partial charge on any atom is 0.348 e. The van der Waals surface area contributed by atoms with Gasteiger partial charge in [0.1, 0.15) is 5.57 Å². The summed E-state index contributed by atoms with van der Waals surface area (Å²) in [7, 11) is 1.60. The quantitative estimate of drug-likeness (QED) is 0.366. The highest BCUT2D eigenvalue weighted by Crippen LogP contribution is 2.38. The summed E-state index contributed by atoms with van der Waals surface area (Å²) in [6, 6.07) is 0. The molecule has 1 N–H and O–H groups in total. The van der Waals surface area contributed by atoms with Gasteiger partial charge >= 0.3 is 11.9 Å². The zero-order valence-corrected chi connectivity index (χ0v) is 13.6. The second-order valence-electron chi connectivity index (χ2n) is 5.42. The number of hydrogen-bond donors (Lipinski definition) is 1. The van der Waals surface area contributed by atoms with Crippen LogP contribution in [0.3, 0.4) is 0 Å². The second-order valence-corrected chi connectivity index (χ2v) is 7.10. The molecule has 1 spiro atoms. The number of aromatic hydroxyl groups is 1. The molecule has 0 unspecified atom stereocenters. The van der Waals surface area contributed by atoms with E-state index in [0.717, 1.165) is 30.6 Å².